The van der Waals surface area contributed by atoms with E-state index in [9.17, 15) is 9.59 Å². The van der Waals surface area contributed by atoms with Gasteiger partial charge in [-0.1, -0.05) is 24.3 Å². The second-order valence-corrected chi connectivity index (χ2v) is 7.29. The van der Waals surface area contributed by atoms with Crippen LogP contribution in [-0.4, -0.2) is 51.4 Å². The Bertz CT molecular complexity index is 808. The molecule has 0 unspecified atom stereocenters. The van der Waals surface area contributed by atoms with Crippen molar-refractivity contribution in [3.63, 3.8) is 0 Å². The Kier molecular flexibility index (Phi) is 5.94. The first-order valence-electron chi connectivity index (χ1n) is 9.56. The van der Waals surface area contributed by atoms with E-state index in [0.29, 0.717) is 45.4 Å². The Hall–Kier alpha value is -2.63. The molecule has 1 saturated heterocycles. The van der Waals surface area contributed by atoms with Crippen molar-refractivity contribution in [1.29, 1.82) is 0 Å². The molecule has 27 heavy (non-hydrogen) atoms. The van der Waals surface area contributed by atoms with Crippen LogP contribution in [0.25, 0.3) is 0 Å². The Morgan fingerprint density at radius 1 is 1.15 bits per heavy atom. The van der Waals surface area contributed by atoms with E-state index >= 15 is 0 Å². The van der Waals surface area contributed by atoms with Crippen LogP contribution in [0.15, 0.2) is 24.3 Å². The van der Waals surface area contributed by atoms with Gasteiger partial charge in [0.1, 0.15) is 0 Å². The van der Waals surface area contributed by atoms with Gasteiger partial charge in [0, 0.05) is 44.7 Å². The summed E-state index contributed by atoms with van der Waals surface area (Å²) in [6.07, 6.45) is 1.53. The predicted octanol–water partition coefficient (Wildman–Crippen LogP) is 2.53. The van der Waals surface area contributed by atoms with Gasteiger partial charge in [0.25, 0.3) is 0 Å². The maximum atomic E-state index is 12.7. The number of amides is 2. The van der Waals surface area contributed by atoms with Crippen LogP contribution in [0.4, 0.5) is 0 Å². The summed E-state index contributed by atoms with van der Waals surface area (Å²) in [5.41, 5.74) is 5.45. The van der Waals surface area contributed by atoms with Gasteiger partial charge in [-0.25, -0.2) is 0 Å². The summed E-state index contributed by atoms with van der Waals surface area (Å²) < 4.78 is 0. The normalized spacial score (nSPS) is 15.1. The lowest BCUT2D eigenvalue weighted by Crippen LogP contribution is -2.35. The van der Waals surface area contributed by atoms with Crippen LogP contribution in [0.5, 0.6) is 0 Å². The van der Waals surface area contributed by atoms with Crippen molar-refractivity contribution in [1.82, 2.24) is 20.0 Å². The van der Waals surface area contributed by atoms with E-state index in [2.05, 4.69) is 29.3 Å². The van der Waals surface area contributed by atoms with Crippen LogP contribution in [0.2, 0.25) is 0 Å². The Balaban J connectivity index is 1.57. The third kappa shape index (κ3) is 4.56. The smallest absolute Gasteiger partial charge is 0.224 e. The van der Waals surface area contributed by atoms with E-state index in [0.717, 1.165) is 22.5 Å². The molecule has 144 valence electrons. The average molecular weight is 368 g/mol. The van der Waals surface area contributed by atoms with Crippen molar-refractivity contribution < 1.29 is 9.59 Å². The Morgan fingerprint density at radius 3 is 2.63 bits per heavy atom. The van der Waals surface area contributed by atoms with Crippen molar-refractivity contribution in [3.8, 4) is 0 Å². The number of carbonyl (C=O) groups excluding carboxylic acids is 2. The molecule has 2 heterocycles. The van der Waals surface area contributed by atoms with Gasteiger partial charge in [0.15, 0.2) is 0 Å². The number of aryl methyl sites for hydroxylation is 3. The molecule has 1 aromatic heterocycles. The number of nitrogens with zero attached hydrogens (tertiary/aromatic N) is 3. The second kappa shape index (κ2) is 8.37. The lowest BCUT2D eigenvalue weighted by molar-refractivity contribution is -0.131. The quantitative estimate of drug-likeness (QED) is 0.882. The van der Waals surface area contributed by atoms with Crippen molar-refractivity contribution >= 4 is 11.8 Å². The number of carbonyl (C=O) groups is 2. The van der Waals surface area contributed by atoms with Crippen molar-refractivity contribution in [2.75, 3.05) is 19.6 Å². The highest BCUT2D eigenvalue weighted by atomic mass is 16.2. The van der Waals surface area contributed by atoms with Gasteiger partial charge in [-0.05, 0) is 43.9 Å². The lowest BCUT2D eigenvalue weighted by Gasteiger charge is -2.23. The molecule has 0 atom stereocenters. The zero-order valence-corrected chi connectivity index (χ0v) is 16.4. The van der Waals surface area contributed by atoms with Gasteiger partial charge < -0.3 is 9.80 Å². The molecule has 6 heteroatoms. The summed E-state index contributed by atoms with van der Waals surface area (Å²) in [5, 5.41) is 7.15. The van der Waals surface area contributed by atoms with E-state index in [-0.39, 0.29) is 11.8 Å². The molecule has 0 radical (unpaired) electrons. The summed E-state index contributed by atoms with van der Waals surface area (Å²) in [6, 6.07) is 8.13. The van der Waals surface area contributed by atoms with Crippen LogP contribution in [-0.2, 0) is 22.6 Å². The molecule has 2 aromatic rings. The standard InChI is InChI=1S/C21H28N4O2/c1-15-6-4-5-7-18(15)14-25-13-12-24(11-10-21(25)27)20(26)9-8-19-16(2)22-23-17(19)3/h4-7H,8-14H2,1-3H3,(H,22,23). The molecular formula is C21H28N4O2. The van der Waals surface area contributed by atoms with Crippen LogP contribution >= 0.6 is 0 Å². The molecule has 1 aliphatic heterocycles. The third-order valence-corrected chi connectivity index (χ3v) is 5.43. The SMILES string of the molecule is Cc1ccccc1CN1CCN(C(=O)CCc2c(C)n[nH]c2C)CCC1=O. The second-order valence-electron chi connectivity index (χ2n) is 7.29. The molecule has 1 fully saturated rings. The van der Waals surface area contributed by atoms with Crippen molar-refractivity contribution in [2.24, 2.45) is 0 Å². The zero-order valence-electron chi connectivity index (χ0n) is 16.4. The van der Waals surface area contributed by atoms with Crippen molar-refractivity contribution in [2.45, 2.75) is 46.6 Å². The van der Waals surface area contributed by atoms with Crippen LogP contribution in [0.3, 0.4) is 0 Å². The Labute approximate surface area is 160 Å². The number of benzene rings is 1. The van der Waals surface area contributed by atoms with E-state index in [1.54, 1.807) is 0 Å². The molecule has 2 amide bonds. The number of rotatable bonds is 5. The number of hydrogen-bond acceptors (Lipinski definition) is 3. The van der Waals surface area contributed by atoms with E-state index < -0.39 is 0 Å². The molecule has 6 nitrogen and oxygen atoms in total. The van der Waals surface area contributed by atoms with E-state index in [1.807, 2.05) is 35.8 Å². The number of aromatic nitrogens is 2. The lowest BCUT2D eigenvalue weighted by atomic mass is 10.1. The molecule has 0 bridgehead atoms. The topological polar surface area (TPSA) is 69.3 Å². The average Bonchev–Trinajstić information content (AvgIpc) is 2.85. The highest BCUT2D eigenvalue weighted by Crippen LogP contribution is 2.16. The number of H-pyrrole nitrogens is 1. The summed E-state index contributed by atoms with van der Waals surface area (Å²) in [4.78, 5) is 28.9. The minimum absolute atomic E-state index is 0.112. The summed E-state index contributed by atoms with van der Waals surface area (Å²) in [6.45, 7) is 8.30. The molecule has 3 rings (SSSR count). The first-order chi connectivity index (χ1) is 13.0. The van der Waals surface area contributed by atoms with Gasteiger partial charge in [-0.3, -0.25) is 14.7 Å². The van der Waals surface area contributed by atoms with Gasteiger partial charge >= 0.3 is 0 Å². The predicted molar refractivity (Wildman–Crippen MR) is 104 cm³/mol. The highest BCUT2D eigenvalue weighted by molar-refractivity contribution is 5.80. The molecule has 1 aliphatic rings. The monoisotopic (exact) mass is 368 g/mol. The van der Waals surface area contributed by atoms with E-state index in [4.69, 9.17) is 0 Å². The molecule has 1 aromatic carbocycles. The summed E-state index contributed by atoms with van der Waals surface area (Å²) in [5.74, 6) is 0.232. The zero-order chi connectivity index (χ0) is 19.4. The van der Waals surface area contributed by atoms with Gasteiger partial charge in [-0.15, -0.1) is 0 Å². The fourth-order valence-electron chi connectivity index (χ4n) is 3.61. The van der Waals surface area contributed by atoms with Gasteiger partial charge in [0.2, 0.25) is 11.8 Å². The maximum absolute atomic E-state index is 12.7. The fourth-order valence-corrected chi connectivity index (χ4v) is 3.61. The van der Waals surface area contributed by atoms with Crippen LogP contribution in [0.1, 0.15) is 40.9 Å². The summed E-state index contributed by atoms with van der Waals surface area (Å²) in [7, 11) is 0. The van der Waals surface area contributed by atoms with Gasteiger partial charge in [-0.2, -0.15) is 5.10 Å². The van der Waals surface area contributed by atoms with Gasteiger partial charge in [0.05, 0.1) is 5.69 Å². The first-order valence-corrected chi connectivity index (χ1v) is 9.56. The molecule has 0 spiro atoms. The number of nitrogens with one attached hydrogen (secondary N) is 1. The first kappa shape index (κ1) is 19.1. The van der Waals surface area contributed by atoms with Crippen LogP contribution < -0.4 is 0 Å². The minimum Gasteiger partial charge on any atom is -0.340 e. The minimum atomic E-state index is 0.112. The third-order valence-electron chi connectivity index (χ3n) is 5.43. The van der Waals surface area contributed by atoms with Crippen LogP contribution in [0, 0.1) is 20.8 Å². The largest absolute Gasteiger partial charge is 0.340 e. The molecule has 0 saturated carbocycles. The Morgan fingerprint density at radius 2 is 1.93 bits per heavy atom. The van der Waals surface area contributed by atoms with E-state index in [1.165, 1.54) is 5.56 Å². The maximum Gasteiger partial charge on any atom is 0.224 e. The molecular weight excluding hydrogens is 340 g/mol. The highest BCUT2D eigenvalue weighted by Gasteiger charge is 2.24. The van der Waals surface area contributed by atoms with Crippen molar-refractivity contribution in [3.05, 3.63) is 52.3 Å². The number of aromatic amines is 1. The fraction of sp³-hybridized carbons (Fsp3) is 0.476. The number of hydrogen-bond donors (Lipinski definition) is 1. The molecule has 1 N–H and O–H groups in total. The summed E-state index contributed by atoms with van der Waals surface area (Å²) >= 11 is 0. The molecule has 0 aliphatic carbocycles.